The smallest absolute Gasteiger partial charge is 0.334 e. The van der Waals surface area contributed by atoms with Crippen LogP contribution in [0.4, 0.5) is 11.4 Å². The van der Waals surface area contributed by atoms with Gasteiger partial charge in [-0.15, -0.1) is 11.8 Å². The largest absolute Gasteiger partial charge is 0.455 e. The van der Waals surface area contributed by atoms with Crippen molar-refractivity contribution in [1.82, 2.24) is 9.64 Å². The topological polar surface area (TPSA) is 82.4 Å². The summed E-state index contributed by atoms with van der Waals surface area (Å²) in [7, 11) is 3.46. The lowest BCUT2D eigenvalue weighted by molar-refractivity contribution is -0.193. The summed E-state index contributed by atoms with van der Waals surface area (Å²) < 4.78 is 9.85. The van der Waals surface area contributed by atoms with Crippen molar-refractivity contribution >= 4 is 46.9 Å². The first-order chi connectivity index (χ1) is 24.9. The van der Waals surface area contributed by atoms with Gasteiger partial charge in [-0.2, -0.15) is 5.06 Å². The van der Waals surface area contributed by atoms with E-state index in [-0.39, 0.29) is 25.3 Å². The van der Waals surface area contributed by atoms with Gasteiger partial charge in [0.15, 0.2) is 0 Å². The zero-order valence-corrected chi connectivity index (χ0v) is 30.4. The Hall–Kier alpha value is -4.31. The molecule has 3 aromatic carbocycles. The molecule has 0 fully saturated rings. The monoisotopic (exact) mass is 705 g/mol. The molecule has 9 rings (SSSR count). The molecule has 6 aliphatic heterocycles. The second kappa shape index (κ2) is 13.0. The van der Waals surface area contributed by atoms with E-state index in [1.54, 1.807) is 11.8 Å². The Morgan fingerprint density at radius 3 is 2.63 bits per heavy atom. The summed E-state index contributed by atoms with van der Waals surface area (Å²) in [5.74, 6) is 2.01. The fourth-order valence-electron chi connectivity index (χ4n) is 9.36. The summed E-state index contributed by atoms with van der Waals surface area (Å²) in [5.41, 5.74) is 12.0. The quantitative estimate of drug-likeness (QED) is 0.167. The molecule has 3 aromatic rings. The summed E-state index contributed by atoms with van der Waals surface area (Å²) in [4.78, 5) is 47.0. The van der Waals surface area contributed by atoms with Crippen LogP contribution in [0.15, 0.2) is 35.2 Å². The van der Waals surface area contributed by atoms with Crippen LogP contribution < -0.4 is 29.7 Å². The maximum absolute atomic E-state index is 12.9. The number of nitrogens with zero attached hydrogens (tertiary/aromatic N) is 4. The first-order valence-corrected chi connectivity index (χ1v) is 19.7. The number of aldehydes is 1. The number of thioether (sulfide) groups is 1. The van der Waals surface area contributed by atoms with Gasteiger partial charge in [0.1, 0.15) is 30.9 Å². The van der Waals surface area contributed by atoms with Gasteiger partial charge in [0, 0.05) is 103 Å². The molecule has 0 radical (unpaired) electrons. The van der Waals surface area contributed by atoms with Gasteiger partial charge in [-0.25, -0.2) is 9.37 Å². The highest BCUT2D eigenvalue weighted by atomic mass is 32.2. The van der Waals surface area contributed by atoms with Gasteiger partial charge in [-0.3, -0.25) is 4.79 Å². The number of amides is 1. The van der Waals surface area contributed by atoms with Crippen molar-refractivity contribution in [3.8, 4) is 11.5 Å². The van der Waals surface area contributed by atoms with Crippen molar-refractivity contribution < 1.29 is 24.0 Å². The summed E-state index contributed by atoms with van der Waals surface area (Å²) >= 11 is 1.77. The summed E-state index contributed by atoms with van der Waals surface area (Å²) in [6.07, 6.45) is 9.97. The average Bonchev–Trinajstić information content (AvgIpc) is 3.14. The van der Waals surface area contributed by atoms with E-state index in [1.807, 2.05) is 7.05 Å². The third-order valence-electron chi connectivity index (χ3n) is 11.8. The van der Waals surface area contributed by atoms with Crippen LogP contribution in [0.1, 0.15) is 78.3 Å². The second-order valence-electron chi connectivity index (χ2n) is 14.9. The number of hydrogen-bond donors (Lipinski definition) is 0. The lowest BCUT2D eigenvalue weighted by Crippen LogP contribution is -2.45. The number of carbonyl (C=O) groups excluding carboxylic acids is 3. The van der Waals surface area contributed by atoms with E-state index in [0.717, 1.165) is 92.7 Å². The lowest BCUT2D eigenvalue weighted by Gasteiger charge is -2.39. The Morgan fingerprint density at radius 1 is 1.00 bits per heavy atom. The minimum absolute atomic E-state index is 0.0206. The number of benzene rings is 3. The number of anilines is 2. The predicted molar refractivity (Wildman–Crippen MR) is 198 cm³/mol. The Morgan fingerprint density at radius 2 is 1.78 bits per heavy atom. The standard InChI is InChI=1S/C41H45N4O5S/c1-42-28(23-36(48)50-43(2)35(47)12-7-19-46)24-51-34-22-25(13-14-33(34)42)37-31-20-26-8-3-15-44-17-5-10-29(38(26)44)40(31)49-41-30-11-6-18-45-16-4-9-27(39(30)45)21-32(37)41/h13-14,19-22,28H,3-12,15-18,23-24H2,1-2H3/q+1. The van der Waals surface area contributed by atoms with Gasteiger partial charge in [-0.05, 0) is 73.9 Å². The van der Waals surface area contributed by atoms with Crippen LogP contribution in [0.2, 0.25) is 0 Å². The Balaban J connectivity index is 1.12. The van der Waals surface area contributed by atoms with E-state index in [9.17, 15) is 14.4 Å². The summed E-state index contributed by atoms with van der Waals surface area (Å²) in [6, 6.07) is 11.7. The third kappa shape index (κ3) is 5.52. The molecule has 1 atom stereocenters. The van der Waals surface area contributed by atoms with Crippen LogP contribution >= 0.6 is 11.8 Å². The second-order valence-corrected chi connectivity index (χ2v) is 15.9. The number of ether oxygens (including phenoxy) is 1. The molecule has 0 bridgehead atoms. The average molecular weight is 706 g/mol. The number of aryl methyl sites for hydroxylation is 2. The number of fused-ring (bicyclic) bond motifs is 5. The van der Waals surface area contributed by atoms with Gasteiger partial charge < -0.3 is 24.2 Å². The molecule has 0 spiro atoms. The van der Waals surface area contributed by atoms with Crippen LogP contribution in [0.25, 0.3) is 5.57 Å². The van der Waals surface area contributed by atoms with Gasteiger partial charge in [-0.1, -0.05) is 6.07 Å². The maximum atomic E-state index is 12.9. The van der Waals surface area contributed by atoms with Crippen LogP contribution in [-0.4, -0.2) is 75.3 Å². The van der Waals surface area contributed by atoms with Crippen molar-refractivity contribution in [2.45, 2.75) is 81.6 Å². The molecule has 10 heteroatoms. The normalized spacial score (nSPS) is 19.5. The molecule has 264 valence electrons. The molecule has 0 aromatic heterocycles. The molecule has 9 nitrogen and oxygen atoms in total. The van der Waals surface area contributed by atoms with Crippen LogP contribution in [-0.2, 0) is 44.9 Å². The molecular weight excluding hydrogens is 661 g/mol. The minimum Gasteiger partial charge on any atom is -0.455 e. The fraction of sp³-hybridized carbons (Fsp3) is 0.463. The van der Waals surface area contributed by atoms with E-state index in [1.165, 1.54) is 80.0 Å². The van der Waals surface area contributed by atoms with Gasteiger partial charge in [0.2, 0.25) is 5.36 Å². The Bertz CT molecular complexity index is 2120. The van der Waals surface area contributed by atoms with E-state index in [0.29, 0.717) is 6.29 Å². The minimum atomic E-state index is -0.461. The molecule has 1 amide bonds. The molecule has 0 N–H and O–H groups in total. The van der Waals surface area contributed by atoms with Crippen molar-refractivity contribution in [2.24, 2.45) is 0 Å². The Labute approximate surface area is 302 Å². The lowest BCUT2D eigenvalue weighted by atomic mass is 9.82. The molecular formula is C41H45N4O5S+. The zero-order chi connectivity index (χ0) is 34.8. The highest BCUT2D eigenvalue weighted by Crippen LogP contribution is 2.49. The molecule has 51 heavy (non-hydrogen) atoms. The summed E-state index contributed by atoms with van der Waals surface area (Å²) in [5, 5.41) is 3.62. The molecule has 0 aliphatic carbocycles. The number of hydroxylamine groups is 2. The first kappa shape index (κ1) is 32.6. The molecule has 0 saturated heterocycles. The van der Waals surface area contributed by atoms with Crippen molar-refractivity contribution in [1.29, 1.82) is 0 Å². The first-order valence-electron chi connectivity index (χ1n) is 18.7. The van der Waals surface area contributed by atoms with Crippen LogP contribution in [0, 0.1) is 0 Å². The molecule has 0 saturated carbocycles. The van der Waals surface area contributed by atoms with Gasteiger partial charge in [0.05, 0.1) is 17.7 Å². The predicted octanol–water partition coefficient (Wildman–Crippen LogP) is 4.32. The maximum Gasteiger partial charge on any atom is 0.334 e. The van der Waals surface area contributed by atoms with Crippen molar-refractivity contribution in [3.63, 3.8) is 0 Å². The summed E-state index contributed by atoms with van der Waals surface area (Å²) in [6.45, 7) is 4.52. The Kier molecular flexibility index (Phi) is 8.32. The fourth-order valence-corrected chi connectivity index (χ4v) is 10.6. The van der Waals surface area contributed by atoms with Crippen LogP contribution in [0.5, 0.6) is 11.5 Å². The number of carbonyl (C=O) groups is 3. The third-order valence-corrected chi connectivity index (χ3v) is 13.0. The van der Waals surface area contributed by atoms with E-state index in [4.69, 9.17) is 9.57 Å². The SMILES string of the molecule is CN(OC(=O)CC1CSc2cc(C3=c4cc5c6c(c4Oc4c3cc3c7c4CCCN7CCC3)CCC[N+]=6CCC5)ccc2N1C)C(=O)CCC=O. The van der Waals surface area contributed by atoms with Gasteiger partial charge in [0.25, 0.3) is 5.91 Å². The van der Waals surface area contributed by atoms with Crippen LogP contribution in [0.3, 0.4) is 0 Å². The van der Waals surface area contributed by atoms with E-state index in [2.05, 4.69) is 44.7 Å². The van der Waals surface area contributed by atoms with E-state index < -0.39 is 11.9 Å². The van der Waals surface area contributed by atoms with Crippen molar-refractivity contribution in [2.75, 3.05) is 55.8 Å². The van der Waals surface area contributed by atoms with E-state index >= 15 is 0 Å². The highest BCUT2D eigenvalue weighted by molar-refractivity contribution is 7.99. The number of rotatable bonds is 6. The van der Waals surface area contributed by atoms with Gasteiger partial charge >= 0.3 is 5.97 Å². The number of hydrogen-bond acceptors (Lipinski definition) is 8. The molecule has 6 aliphatic rings. The van der Waals surface area contributed by atoms with Crippen molar-refractivity contribution in [3.05, 3.63) is 74.3 Å². The highest BCUT2D eigenvalue weighted by Gasteiger charge is 2.36. The molecule has 1 unspecified atom stereocenters. The zero-order valence-electron chi connectivity index (χ0n) is 29.6. The molecule has 6 heterocycles.